The van der Waals surface area contributed by atoms with Crippen molar-refractivity contribution in [3.05, 3.63) is 33.8 Å². The summed E-state index contributed by atoms with van der Waals surface area (Å²) in [5.41, 5.74) is 1.06. The number of rotatable bonds is 6. The predicted octanol–water partition coefficient (Wildman–Crippen LogP) is 2.81. The Morgan fingerprint density at radius 1 is 1.39 bits per heavy atom. The van der Waals surface area contributed by atoms with Crippen LogP contribution in [0.1, 0.15) is 25.3 Å². The summed E-state index contributed by atoms with van der Waals surface area (Å²) in [6.45, 7) is 1.72. The number of amides is 1. The first-order chi connectivity index (χ1) is 8.52. The van der Waals surface area contributed by atoms with Gasteiger partial charge in [-0.2, -0.15) is 0 Å². The van der Waals surface area contributed by atoms with Gasteiger partial charge < -0.3 is 10.4 Å². The predicted molar refractivity (Wildman–Crippen MR) is 74.1 cm³/mol. The van der Waals surface area contributed by atoms with E-state index in [9.17, 15) is 4.79 Å². The van der Waals surface area contributed by atoms with E-state index >= 15 is 0 Å². The van der Waals surface area contributed by atoms with Crippen LogP contribution >= 0.6 is 23.2 Å². The molecule has 0 saturated carbocycles. The lowest BCUT2D eigenvalue weighted by molar-refractivity contribution is -0.122. The molecule has 0 bridgehead atoms. The number of carbonyl (C=O) groups is 1. The van der Waals surface area contributed by atoms with Gasteiger partial charge in [-0.1, -0.05) is 29.3 Å². The van der Waals surface area contributed by atoms with Crippen LogP contribution < -0.4 is 5.32 Å². The summed E-state index contributed by atoms with van der Waals surface area (Å²) >= 11 is 11.7. The van der Waals surface area contributed by atoms with Crippen LogP contribution in [0.4, 0.5) is 0 Å². The van der Waals surface area contributed by atoms with E-state index in [1.165, 1.54) is 0 Å². The van der Waals surface area contributed by atoms with Gasteiger partial charge in [0.2, 0.25) is 5.91 Å². The van der Waals surface area contributed by atoms with E-state index in [1.807, 2.05) is 12.1 Å². The van der Waals surface area contributed by atoms with Crippen molar-refractivity contribution >= 4 is 29.1 Å². The van der Waals surface area contributed by atoms with Gasteiger partial charge in [0.15, 0.2) is 0 Å². The molecule has 18 heavy (non-hydrogen) atoms. The minimum atomic E-state index is -0.192. The van der Waals surface area contributed by atoms with Crippen molar-refractivity contribution in [2.24, 2.45) is 0 Å². The second-order valence-corrected chi connectivity index (χ2v) is 5.07. The summed E-state index contributed by atoms with van der Waals surface area (Å²) in [5.74, 6) is -0.0448. The van der Waals surface area contributed by atoms with Gasteiger partial charge in [0, 0.05) is 12.5 Å². The molecule has 1 unspecified atom stereocenters. The van der Waals surface area contributed by atoms with Gasteiger partial charge >= 0.3 is 0 Å². The molecule has 5 heteroatoms. The Kier molecular flexibility index (Phi) is 6.47. The average molecular weight is 290 g/mol. The standard InChI is InChI=1S/C13H17Cl2NO2/c1-9(8-17)16-13(18)4-2-3-10-5-6-11(14)12(15)7-10/h5-7,9,17H,2-4,8H2,1H3,(H,16,18). The van der Waals surface area contributed by atoms with Crippen LogP contribution in [0.3, 0.4) is 0 Å². The average Bonchev–Trinajstić information content (AvgIpc) is 2.33. The van der Waals surface area contributed by atoms with Gasteiger partial charge in [-0.05, 0) is 37.5 Å². The number of aliphatic hydroxyl groups excluding tert-OH is 1. The highest BCUT2D eigenvalue weighted by atomic mass is 35.5. The molecule has 1 amide bonds. The third-order valence-electron chi connectivity index (χ3n) is 2.53. The van der Waals surface area contributed by atoms with E-state index in [1.54, 1.807) is 13.0 Å². The molecule has 0 aromatic heterocycles. The molecule has 1 rings (SSSR count). The molecule has 0 saturated heterocycles. The maximum absolute atomic E-state index is 11.5. The highest BCUT2D eigenvalue weighted by Gasteiger charge is 2.06. The Morgan fingerprint density at radius 3 is 2.72 bits per heavy atom. The van der Waals surface area contributed by atoms with E-state index in [4.69, 9.17) is 28.3 Å². The van der Waals surface area contributed by atoms with Gasteiger partial charge in [0.1, 0.15) is 0 Å². The number of nitrogens with one attached hydrogen (secondary N) is 1. The lowest BCUT2D eigenvalue weighted by Gasteiger charge is -2.10. The lowest BCUT2D eigenvalue weighted by atomic mass is 10.1. The first kappa shape index (κ1) is 15.3. The minimum Gasteiger partial charge on any atom is -0.394 e. The Hall–Kier alpha value is -0.770. The number of aliphatic hydroxyl groups is 1. The highest BCUT2D eigenvalue weighted by molar-refractivity contribution is 6.42. The first-order valence-electron chi connectivity index (χ1n) is 5.87. The van der Waals surface area contributed by atoms with Gasteiger partial charge in [-0.25, -0.2) is 0 Å². The van der Waals surface area contributed by atoms with Crippen molar-refractivity contribution in [1.82, 2.24) is 5.32 Å². The quantitative estimate of drug-likeness (QED) is 0.846. The molecule has 2 N–H and O–H groups in total. The summed E-state index contributed by atoms with van der Waals surface area (Å²) in [7, 11) is 0. The first-order valence-corrected chi connectivity index (χ1v) is 6.62. The summed E-state index contributed by atoms with van der Waals surface area (Å²) < 4.78 is 0. The number of aryl methyl sites for hydroxylation is 1. The molecule has 1 atom stereocenters. The van der Waals surface area contributed by atoms with E-state index < -0.39 is 0 Å². The molecule has 0 spiro atoms. The Morgan fingerprint density at radius 2 is 2.11 bits per heavy atom. The van der Waals surface area contributed by atoms with E-state index in [0.717, 1.165) is 18.4 Å². The summed E-state index contributed by atoms with van der Waals surface area (Å²) in [4.78, 5) is 11.5. The van der Waals surface area contributed by atoms with Gasteiger partial charge in [0.05, 0.1) is 16.7 Å². The second kappa shape index (κ2) is 7.62. The maximum atomic E-state index is 11.5. The molecule has 0 aliphatic carbocycles. The molecule has 1 aromatic rings. The van der Waals surface area contributed by atoms with Crippen LogP contribution in [-0.2, 0) is 11.2 Å². The lowest BCUT2D eigenvalue weighted by Crippen LogP contribution is -2.34. The zero-order chi connectivity index (χ0) is 13.5. The van der Waals surface area contributed by atoms with Crippen LogP contribution in [-0.4, -0.2) is 23.7 Å². The van der Waals surface area contributed by atoms with Gasteiger partial charge in [-0.3, -0.25) is 4.79 Å². The van der Waals surface area contributed by atoms with Crippen molar-refractivity contribution in [3.8, 4) is 0 Å². The zero-order valence-corrected chi connectivity index (χ0v) is 11.8. The zero-order valence-electron chi connectivity index (χ0n) is 10.2. The summed E-state index contributed by atoms with van der Waals surface area (Å²) in [5, 5.41) is 12.6. The fourth-order valence-electron chi connectivity index (χ4n) is 1.54. The molecular weight excluding hydrogens is 273 g/mol. The summed E-state index contributed by atoms with van der Waals surface area (Å²) in [6, 6.07) is 5.29. The fourth-order valence-corrected chi connectivity index (χ4v) is 1.86. The van der Waals surface area contributed by atoms with Crippen LogP contribution in [0, 0.1) is 0 Å². The number of hydrogen-bond acceptors (Lipinski definition) is 2. The Bertz CT molecular complexity index is 410. The third kappa shape index (κ3) is 5.25. The monoisotopic (exact) mass is 289 g/mol. The molecule has 0 fully saturated rings. The molecule has 1 aromatic carbocycles. The van der Waals surface area contributed by atoms with Crippen molar-refractivity contribution < 1.29 is 9.90 Å². The van der Waals surface area contributed by atoms with Crippen LogP contribution in [0.2, 0.25) is 10.0 Å². The largest absolute Gasteiger partial charge is 0.394 e. The Balaban J connectivity index is 2.33. The van der Waals surface area contributed by atoms with Gasteiger partial charge in [-0.15, -0.1) is 0 Å². The molecule has 0 aliphatic heterocycles. The number of halogens is 2. The molecule has 0 radical (unpaired) electrons. The van der Waals surface area contributed by atoms with E-state index in [0.29, 0.717) is 16.5 Å². The molecule has 100 valence electrons. The van der Waals surface area contributed by atoms with Crippen molar-refractivity contribution in [2.75, 3.05) is 6.61 Å². The van der Waals surface area contributed by atoms with Crippen LogP contribution in [0.25, 0.3) is 0 Å². The smallest absolute Gasteiger partial charge is 0.220 e. The summed E-state index contributed by atoms with van der Waals surface area (Å²) in [6.07, 6.45) is 1.95. The van der Waals surface area contributed by atoms with Crippen molar-refractivity contribution in [1.29, 1.82) is 0 Å². The van der Waals surface area contributed by atoms with Crippen LogP contribution in [0.15, 0.2) is 18.2 Å². The molecule has 3 nitrogen and oxygen atoms in total. The molecule has 0 aliphatic rings. The topological polar surface area (TPSA) is 49.3 Å². The van der Waals surface area contributed by atoms with E-state index in [-0.39, 0.29) is 18.6 Å². The SMILES string of the molecule is CC(CO)NC(=O)CCCc1ccc(Cl)c(Cl)c1. The number of hydrogen-bond donors (Lipinski definition) is 2. The van der Waals surface area contributed by atoms with Crippen molar-refractivity contribution in [3.63, 3.8) is 0 Å². The Labute approximate surface area is 117 Å². The van der Waals surface area contributed by atoms with Crippen molar-refractivity contribution in [2.45, 2.75) is 32.2 Å². The minimum absolute atomic E-state index is 0.0431. The highest BCUT2D eigenvalue weighted by Crippen LogP contribution is 2.23. The normalized spacial score (nSPS) is 12.2. The van der Waals surface area contributed by atoms with Gasteiger partial charge in [0.25, 0.3) is 0 Å². The van der Waals surface area contributed by atoms with E-state index in [2.05, 4.69) is 5.32 Å². The molecular formula is C13H17Cl2NO2. The van der Waals surface area contributed by atoms with Crippen LogP contribution in [0.5, 0.6) is 0 Å². The fraction of sp³-hybridized carbons (Fsp3) is 0.462. The number of benzene rings is 1. The molecule has 0 heterocycles. The second-order valence-electron chi connectivity index (χ2n) is 4.25. The maximum Gasteiger partial charge on any atom is 0.220 e. The number of carbonyl (C=O) groups excluding carboxylic acids is 1. The third-order valence-corrected chi connectivity index (χ3v) is 3.27.